The molecule has 0 aromatic heterocycles. The number of carbonyl (C=O) groups excluding carboxylic acids is 2. The molecule has 0 spiro atoms. The minimum Gasteiger partial charge on any atom is -0.467 e. The molecule has 1 amide bonds. The van der Waals surface area contributed by atoms with Crippen LogP contribution in [0.3, 0.4) is 0 Å². The lowest BCUT2D eigenvalue weighted by atomic mass is 9.98. The lowest BCUT2D eigenvalue weighted by Gasteiger charge is -2.22. The Hall–Kier alpha value is -1.61. The summed E-state index contributed by atoms with van der Waals surface area (Å²) < 4.78 is 9.88. The molecule has 3 atom stereocenters. The molecule has 0 radical (unpaired) electrons. The molecule has 1 rings (SSSR count). The first-order valence-electron chi connectivity index (χ1n) is 5.97. The fourth-order valence-corrected chi connectivity index (χ4v) is 1.85. The molecule has 0 unspecified atom stereocenters. The van der Waals surface area contributed by atoms with E-state index in [0.717, 1.165) is 6.42 Å². The van der Waals surface area contributed by atoms with Crippen LogP contribution in [0.25, 0.3) is 0 Å². The Balaban J connectivity index is 2.62. The molecule has 0 aliphatic carbocycles. The van der Waals surface area contributed by atoms with E-state index in [4.69, 9.17) is 10.00 Å². The standard InChI is InChI=1S/C12H18N2O4/c1-8(5-6-13)10(12(16)17-2)14-11(15)9-4-3-7-18-9/h8-10H,3-5,7H2,1-2H3,(H,14,15)/t8-,9+,10+/m0/s1. The highest BCUT2D eigenvalue weighted by atomic mass is 16.5. The van der Waals surface area contributed by atoms with Crippen molar-refractivity contribution in [2.75, 3.05) is 13.7 Å². The number of nitriles is 1. The van der Waals surface area contributed by atoms with E-state index in [9.17, 15) is 9.59 Å². The molecule has 1 heterocycles. The highest BCUT2D eigenvalue weighted by Gasteiger charge is 2.31. The second-order valence-corrected chi connectivity index (χ2v) is 4.35. The summed E-state index contributed by atoms with van der Waals surface area (Å²) in [7, 11) is 1.26. The number of amides is 1. The van der Waals surface area contributed by atoms with Crippen molar-refractivity contribution in [3.63, 3.8) is 0 Å². The fraction of sp³-hybridized carbons (Fsp3) is 0.750. The summed E-state index contributed by atoms with van der Waals surface area (Å²) in [4.78, 5) is 23.4. The number of rotatable bonds is 5. The molecule has 1 fully saturated rings. The van der Waals surface area contributed by atoms with Gasteiger partial charge in [-0.05, 0) is 12.8 Å². The maximum absolute atomic E-state index is 11.9. The quantitative estimate of drug-likeness (QED) is 0.716. The predicted octanol–water partition coefficient (Wildman–Crippen LogP) is 0.373. The minimum absolute atomic E-state index is 0.172. The van der Waals surface area contributed by atoms with Gasteiger partial charge < -0.3 is 14.8 Å². The average Bonchev–Trinajstić information content (AvgIpc) is 2.88. The third-order valence-corrected chi connectivity index (χ3v) is 2.96. The molecule has 1 aliphatic heterocycles. The van der Waals surface area contributed by atoms with Crippen molar-refractivity contribution in [3.8, 4) is 6.07 Å². The van der Waals surface area contributed by atoms with Crippen molar-refractivity contribution >= 4 is 11.9 Å². The van der Waals surface area contributed by atoms with Crippen molar-refractivity contribution in [2.45, 2.75) is 38.3 Å². The summed E-state index contributed by atoms with van der Waals surface area (Å²) in [6.45, 7) is 2.29. The first kappa shape index (κ1) is 14.5. The van der Waals surface area contributed by atoms with Crippen molar-refractivity contribution in [1.29, 1.82) is 5.26 Å². The first-order chi connectivity index (χ1) is 8.60. The van der Waals surface area contributed by atoms with Crippen LogP contribution in [-0.2, 0) is 19.1 Å². The van der Waals surface area contributed by atoms with Crippen LogP contribution in [0.5, 0.6) is 0 Å². The average molecular weight is 254 g/mol. The Morgan fingerprint density at radius 3 is 2.83 bits per heavy atom. The normalized spacial score (nSPS) is 21.7. The Bertz CT molecular complexity index is 344. The molecule has 18 heavy (non-hydrogen) atoms. The molecule has 0 bridgehead atoms. The molecule has 6 nitrogen and oxygen atoms in total. The molecule has 1 saturated heterocycles. The summed E-state index contributed by atoms with van der Waals surface area (Å²) in [5, 5.41) is 11.3. The van der Waals surface area contributed by atoms with E-state index in [2.05, 4.69) is 10.1 Å². The molecular formula is C12H18N2O4. The van der Waals surface area contributed by atoms with Gasteiger partial charge in [0, 0.05) is 18.9 Å². The van der Waals surface area contributed by atoms with Crippen LogP contribution in [-0.4, -0.2) is 37.7 Å². The summed E-state index contributed by atoms with van der Waals surface area (Å²) in [6, 6.07) is 1.18. The molecule has 0 aromatic carbocycles. The van der Waals surface area contributed by atoms with Gasteiger partial charge >= 0.3 is 5.97 Å². The lowest BCUT2D eigenvalue weighted by molar-refractivity contribution is -0.147. The van der Waals surface area contributed by atoms with Crippen molar-refractivity contribution < 1.29 is 19.1 Å². The second-order valence-electron chi connectivity index (χ2n) is 4.35. The van der Waals surface area contributed by atoms with Crippen LogP contribution in [0.1, 0.15) is 26.2 Å². The molecule has 0 saturated carbocycles. The van der Waals surface area contributed by atoms with Crippen LogP contribution < -0.4 is 5.32 Å². The van der Waals surface area contributed by atoms with Crippen LogP contribution in [0.4, 0.5) is 0 Å². The van der Waals surface area contributed by atoms with Crippen LogP contribution in [0, 0.1) is 17.2 Å². The van der Waals surface area contributed by atoms with Gasteiger partial charge in [-0.2, -0.15) is 5.26 Å². The minimum atomic E-state index is -0.800. The summed E-state index contributed by atoms with van der Waals surface area (Å²) >= 11 is 0. The zero-order valence-corrected chi connectivity index (χ0v) is 10.6. The molecular weight excluding hydrogens is 236 g/mol. The number of methoxy groups -OCH3 is 1. The smallest absolute Gasteiger partial charge is 0.328 e. The number of nitrogens with zero attached hydrogens (tertiary/aromatic N) is 1. The highest BCUT2D eigenvalue weighted by Crippen LogP contribution is 2.14. The van der Waals surface area contributed by atoms with Gasteiger partial charge in [-0.25, -0.2) is 4.79 Å². The predicted molar refractivity (Wildman–Crippen MR) is 62.3 cm³/mol. The van der Waals surface area contributed by atoms with Gasteiger partial charge in [0.05, 0.1) is 13.2 Å². The molecule has 1 N–H and O–H groups in total. The van der Waals surface area contributed by atoms with Crippen LogP contribution in [0.15, 0.2) is 0 Å². The van der Waals surface area contributed by atoms with E-state index < -0.39 is 18.1 Å². The maximum Gasteiger partial charge on any atom is 0.328 e. The van der Waals surface area contributed by atoms with Gasteiger partial charge in [0.1, 0.15) is 12.1 Å². The van der Waals surface area contributed by atoms with Gasteiger partial charge in [0.2, 0.25) is 5.91 Å². The number of carbonyl (C=O) groups is 2. The molecule has 6 heteroatoms. The van der Waals surface area contributed by atoms with E-state index in [1.54, 1.807) is 6.92 Å². The van der Waals surface area contributed by atoms with Crippen molar-refractivity contribution in [2.24, 2.45) is 5.92 Å². The molecule has 1 aliphatic rings. The fourth-order valence-electron chi connectivity index (χ4n) is 1.85. The largest absolute Gasteiger partial charge is 0.467 e. The summed E-state index contributed by atoms with van der Waals surface area (Å²) in [5.74, 6) is -1.15. The Morgan fingerprint density at radius 1 is 1.61 bits per heavy atom. The third-order valence-electron chi connectivity index (χ3n) is 2.96. The monoisotopic (exact) mass is 254 g/mol. The number of hydrogen-bond donors (Lipinski definition) is 1. The zero-order valence-electron chi connectivity index (χ0n) is 10.6. The number of hydrogen-bond acceptors (Lipinski definition) is 5. The van der Waals surface area contributed by atoms with Gasteiger partial charge in [-0.15, -0.1) is 0 Å². The summed E-state index contributed by atoms with van der Waals surface area (Å²) in [5.41, 5.74) is 0. The third kappa shape index (κ3) is 3.70. The zero-order chi connectivity index (χ0) is 13.5. The van der Waals surface area contributed by atoms with E-state index in [-0.39, 0.29) is 18.2 Å². The summed E-state index contributed by atoms with van der Waals surface area (Å²) in [6.07, 6.45) is 1.18. The number of ether oxygens (including phenoxy) is 2. The first-order valence-corrected chi connectivity index (χ1v) is 5.97. The SMILES string of the molecule is COC(=O)[C@H](NC(=O)[C@H]1CCCO1)[C@@H](C)CC#N. The van der Waals surface area contributed by atoms with Gasteiger partial charge in [-0.3, -0.25) is 4.79 Å². The Labute approximate surface area is 106 Å². The van der Waals surface area contributed by atoms with Gasteiger partial charge in [0.15, 0.2) is 0 Å². The van der Waals surface area contributed by atoms with E-state index in [1.165, 1.54) is 7.11 Å². The van der Waals surface area contributed by atoms with E-state index in [1.807, 2.05) is 6.07 Å². The van der Waals surface area contributed by atoms with Crippen molar-refractivity contribution in [1.82, 2.24) is 5.32 Å². The van der Waals surface area contributed by atoms with Gasteiger partial charge in [0.25, 0.3) is 0 Å². The molecule has 100 valence electrons. The lowest BCUT2D eigenvalue weighted by Crippen LogP contribution is -2.49. The highest BCUT2D eigenvalue weighted by molar-refractivity contribution is 5.87. The van der Waals surface area contributed by atoms with Crippen molar-refractivity contribution in [3.05, 3.63) is 0 Å². The molecule has 0 aromatic rings. The van der Waals surface area contributed by atoms with E-state index >= 15 is 0 Å². The Morgan fingerprint density at radius 2 is 2.33 bits per heavy atom. The number of esters is 1. The Kier molecular flexibility index (Phi) is 5.59. The number of nitrogens with one attached hydrogen (secondary N) is 1. The maximum atomic E-state index is 11.9. The topological polar surface area (TPSA) is 88.4 Å². The van der Waals surface area contributed by atoms with E-state index in [0.29, 0.717) is 13.0 Å². The van der Waals surface area contributed by atoms with Gasteiger partial charge in [-0.1, -0.05) is 6.92 Å². The van der Waals surface area contributed by atoms with Crippen LogP contribution >= 0.6 is 0 Å². The second kappa shape index (κ2) is 6.97. The van der Waals surface area contributed by atoms with Crippen LogP contribution in [0.2, 0.25) is 0 Å².